The lowest BCUT2D eigenvalue weighted by Gasteiger charge is -2.12. The standard InChI is InChI=1S/C15H10F3NO4S/c1-22-14-8-10(9-19)2-7-13(14)23-24(20,21)12-5-3-11(4-6-12)15(16,17)18/h2-8H,1H3. The number of hydrogen-bond donors (Lipinski definition) is 0. The van der Waals surface area contributed by atoms with Crippen LogP contribution in [0.4, 0.5) is 13.2 Å². The van der Waals surface area contributed by atoms with E-state index < -0.39 is 26.8 Å². The molecule has 0 spiro atoms. The van der Waals surface area contributed by atoms with E-state index >= 15 is 0 Å². The van der Waals surface area contributed by atoms with Crippen LogP contribution in [0.2, 0.25) is 0 Å². The monoisotopic (exact) mass is 357 g/mol. The number of methoxy groups -OCH3 is 1. The van der Waals surface area contributed by atoms with Crippen LogP contribution in [0.15, 0.2) is 47.4 Å². The van der Waals surface area contributed by atoms with Gasteiger partial charge in [0, 0.05) is 6.07 Å². The van der Waals surface area contributed by atoms with Gasteiger partial charge in [-0.2, -0.15) is 26.9 Å². The molecule has 2 rings (SSSR count). The highest BCUT2D eigenvalue weighted by molar-refractivity contribution is 7.87. The van der Waals surface area contributed by atoms with Gasteiger partial charge in [0.2, 0.25) is 0 Å². The van der Waals surface area contributed by atoms with E-state index in [-0.39, 0.29) is 17.1 Å². The maximum atomic E-state index is 12.5. The number of nitriles is 1. The van der Waals surface area contributed by atoms with Crippen LogP contribution in [0.1, 0.15) is 11.1 Å². The van der Waals surface area contributed by atoms with Gasteiger partial charge in [-0.25, -0.2) is 0 Å². The SMILES string of the molecule is COc1cc(C#N)ccc1OS(=O)(=O)c1ccc(C(F)(F)F)cc1. The molecular formula is C15H10F3NO4S. The van der Waals surface area contributed by atoms with Crippen molar-refractivity contribution in [1.82, 2.24) is 0 Å². The van der Waals surface area contributed by atoms with Crippen molar-refractivity contribution < 1.29 is 30.5 Å². The Bertz CT molecular complexity index is 884. The average Bonchev–Trinajstić information content (AvgIpc) is 2.54. The van der Waals surface area contributed by atoms with Crippen molar-refractivity contribution in [3.8, 4) is 17.6 Å². The molecule has 0 bridgehead atoms. The third-order valence-corrected chi connectivity index (χ3v) is 4.21. The Morgan fingerprint density at radius 3 is 2.17 bits per heavy atom. The molecule has 0 saturated carbocycles. The Kier molecular flexibility index (Phi) is 4.71. The smallest absolute Gasteiger partial charge is 0.416 e. The summed E-state index contributed by atoms with van der Waals surface area (Å²) in [6.45, 7) is 0. The maximum absolute atomic E-state index is 12.5. The van der Waals surface area contributed by atoms with Crippen molar-refractivity contribution in [1.29, 1.82) is 5.26 Å². The van der Waals surface area contributed by atoms with Crippen molar-refractivity contribution in [2.75, 3.05) is 7.11 Å². The van der Waals surface area contributed by atoms with Crippen LogP contribution in [0.25, 0.3) is 0 Å². The second-order valence-corrected chi connectivity index (χ2v) is 6.08. The van der Waals surface area contributed by atoms with Gasteiger partial charge in [0.15, 0.2) is 11.5 Å². The number of hydrogen-bond acceptors (Lipinski definition) is 5. The van der Waals surface area contributed by atoms with E-state index in [9.17, 15) is 21.6 Å². The average molecular weight is 357 g/mol. The zero-order valence-electron chi connectivity index (χ0n) is 12.2. The Morgan fingerprint density at radius 2 is 1.67 bits per heavy atom. The third kappa shape index (κ3) is 3.78. The molecule has 0 heterocycles. The summed E-state index contributed by atoms with van der Waals surface area (Å²) < 4.78 is 71.7. The zero-order valence-corrected chi connectivity index (χ0v) is 13.0. The molecule has 5 nitrogen and oxygen atoms in total. The lowest BCUT2D eigenvalue weighted by Crippen LogP contribution is -2.11. The summed E-state index contributed by atoms with van der Waals surface area (Å²) in [5.41, 5.74) is -0.747. The molecule has 0 aliphatic heterocycles. The fourth-order valence-electron chi connectivity index (χ4n) is 1.78. The molecule has 0 atom stereocenters. The van der Waals surface area contributed by atoms with Gasteiger partial charge in [-0.3, -0.25) is 0 Å². The molecule has 2 aromatic carbocycles. The minimum absolute atomic E-state index is 0.00420. The highest BCUT2D eigenvalue weighted by Gasteiger charge is 2.31. The van der Waals surface area contributed by atoms with Crippen molar-refractivity contribution >= 4 is 10.1 Å². The molecule has 0 aliphatic carbocycles. The Hall–Kier alpha value is -2.73. The first-order valence-corrected chi connectivity index (χ1v) is 7.78. The highest BCUT2D eigenvalue weighted by atomic mass is 32.2. The molecule has 0 fully saturated rings. The van der Waals surface area contributed by atoms with Crippen LogP contribution in [0.5, 0.6) is 11.5 Å². The molecule has 0 radical (unpaired) electrons. The Labute approximate surface area is 136 Å². The topological polar surface area (TPSA) is 76.4 Å². The quantitative estimate of drug-likeness (QED) is 0.785. The molecule has 9 heteroatoms. The maximum Gasteiger partial charge on any atom is 0.416 e. The first-order chi connectivity index (χ1) is 11.2. The van der Waals surface area contributed by atoms with Gasteiger partial charge in [-0.1, -0.05) is 0 Å². The Balaban J connectivity index is 2.34. The summed E-state index contributed by atoms with van der Waals surface area (Å²) in [4.78, 5) is -0.443. The van der Waals surface area contributed by atoms with Crippen LogP contribution < -0.4 is 8.92 Å². The van der Waals surface area contributed by atoms with Crippen LogP contribution in [0, 0.1) is 11.3 Å². The van der Waals surface area contributed by atoms with E-state index in [0.717, 1.165) is 12.1 Å². The number of rotatable bonds is 4. The third-order valence-electron chi connectivity index (χ3n) is 2.96. The van der Waals surface area contributed by atoms with Crippen LogP contribution in [-0.4, -0.2) is 15.5 Å². The summed E-state index contributed by atoms with van der Waals surface area (Å²) in [7, 11) is -3.10. The Morgan fingerprint density at radius 1 is 1.04 bits per heavy atom. The van der Waals surface area contributed by atoms with Crippen molar-refractivity contribution in [3.63, 3.8) is 0 Å². The highest BCUT2D eigenvalue weighted by Crippen LogP contribution is 2.32. The largest absolute Gasteiger partial charge is 0.493 e. The van der Waals surface area contributed by atoms with Gasteiger partial charge in [-0.05, 0) is 36.4 Å². The van der Waals surface area contributed by atoms with Crippen LogP contribution in [-0.2, 0) is 16.3 Å². The predicted octanol–water partition coefficient (Wildman–Crippen LogP) is 3.35. The molecule has 126 valence electrons. The van der Waals surface area contributed by atoms with Crippen molar-refractivity contribution in [3.05, 3.63) is 53.6 Å². The second kappa shape index (κ2) is 6.41. The van der Waals surface area contributed by atoms with Gasteiger partial charge in [0.25, 0.3) is 0 Å². The molecule has 24 heavy (non-hydrogen) atoms. The normalized spacial score (nSPS) is 11.6. The van der Waals surface area contributed by atoms with Gasteiger partial charge in [0.1, 0.15) is 4.90 Å². The van der Waals surface area contributed by atoms with E-state index in [1.54, 1.807) is 0 Å². The minimum atomic E-state index is -4.57. The summed E-state index contributed by atoms with van der Waals surface area (Å²) in [6.07, 6.45) is -4.57. The number of ether oxygens (including phenoxy) is 1. The van der Waals surface area contributed by atoms with Crippen LogP contribution >= 0.6 is 0 Å². The summed E-state index contributed by atoms with van der Waals surface area (Å²) in [6, 6.07) is 8.56. The fourth-order valence-corrected chi connectivity index (χ4v) is 2.72. The molecule has 2 aromatic rings. The van der Waals surface area contributed by atoms with E-state index in [1.165, 1.54) is 25.3 Å². The van der Waals surface area contributed by atoms with Gasteiger partial charge in [-0.15, -0.1) is 0 Å². The van der Waals surface area contributed by atoms with E-state index in [2.05, 4.69) is 0 Å². The first kappa shape index (κ1) is 17.6. The summed E-state index contributed by atoms with van der Waals surface area (Å²) >= 11 is 0. The van der Waals surface area contributed by atoms with Gasteiger partial charge >= 0.3 is 16.3 Å². The first-order valence-electron chi connectivity index (χ1n) is 6.37. The number of benzene rings is 2. The van der Waals surface area contributed by atoms with E-state index in [4.69, 9.17) is 14.2 Å². The second-order valence-electron chi connectivity index (χ2n) is 4.54. The summed E-state index contributed by atoms with van der Waals surface area (Å²) in [5.74, 6) is -0.180. The zero-order chi connectivity index (χ0) is 18.0. The molecular weight excluding hydrogens is 347 g/mol. The van der Waals surface area contributed by atoms with Crippen molar-refractivity contribution in [2.24, 2.45) is 0 Å². The number of nitrogens with zero attached hydrogens (tertiary/aromatic N) is 1. The lowest BCUT2D eigenvalue weighted by molar-refractivity contribution is -0.137. The van der Waals surface area contributed by atoms with Crippen molar-refractivity contribution in [2.45, 2.75) is 11.1 Å². The molecule has 0 amide bonds. The van der Waals surface area contributed by atoms with Gasteiger partial charge < -0.3 is 8.92 Å². The molecule has 0 aliphatic rings. The molecule has 0 unspecified atom stereocenters. The molecule has 0 aromatic heterocycles. The fraction of sp³-hybridized carbons (Fsp3) is 0.133. The number of alkyl halides is 3. The number of halogens is 3. The van der Waals surface area contributed by atoms with Crippen LogP contribution in [0.3, 0.4) is 0 Å². The molecule has 0 saturated heterocycles. The van der Waals surface area contributed by atoms with E-state index in [1.807, 2.05) is 6.07 Å². The minimum Gasteiger partial charge on any atom is -0.493 e. The predicted molar refractivity (Wildman–Crippen MR) is 77.0 cm³/mol. The summed E-state index contributed by atoms with van der Waals surface area (Å²) in [5, 5.41) is 8.79. The lowest BCUT2D eigenvalue weighted by atomic mass is 10.2. The molecule has 0 N–H and O–H groups in total. The van der Waals surface area contributed by atoms with Gasteiger partial charge in [0.05, 0.1) is 24.3 Å². The van der Waals surface area contributed by atoms with E-state index in [0.29, 0.717) is 12.1 Å².